The molecule has 4 aromatic rings. The molecule has 0 bridgehead atoms. The molecule has 1 aliphatic carbocycles. The zero-order chi connectivity index (χ0) is 23.2. The Morgan fingerprint density at radius 2 is 1.88 bits per heavy atom. The molecule has 6 rings (SSSR count). The number of rotatable bonds is 6. The Kier molecular flexibility index (Phi) is 5.08. The van der Waals surface area contributed by atoms with Crippen molar-refractivity contribution in [3.8, 4) is 11.8 Å². The fourth-order valence-corrected chi connectivity index (χ4v) is 4.36. The third-order valence-electron chi connectivity index (χ3n) is 6.35. The van der Waals surface area contributed by atoms with Crippen LogP contribution in [0.1, 0.15) is 43.0 Å². The molecular weight excluding hydrogens is 440 g/mol. The number of hydrogen-bond acceptors (Lipinski definition) is 6. The van der Waals surface area contributed by atoms with E-state index in [-0.39, 0.29) is 11.8 Å². The SMILES string of the molecule is Cc1cc2c(F)c(Oc3nc(Nc4cc(C5CC5)[nH]n4)cc(N4CCC(F)CC4)n3)ccc2[nH]1. The highest BCUT2D eigenvalue weighted by molar-refractivity contribution is 5.82. The molecule has 0 atom stereocenters. The molecule has 4 heterocycles. The maximum absolute atomic E-state index is 15.1. The third kappa shape index (κ3) is 4.15. The van der Waals surface area contributed by atoms with Gasteiger partial charge in [0.25, 0.3) is 0 Å². The van der Waals surface area contributed by atoms with Crippen LogP contribution in [0.2, 0.25) is 0 Å². The lowest BCUT2D eigenvalue weighted by Crippen LogP contribution is -2.35. The van der Waals surface area contributed by atoms with Crippen LogP contribution < -0.4 is 15.0 Å². The van der Waals surface area contributed by atoms with Gasteiger partial charge in [0, 0.05) is 53.4 Å². The molecule has 2 aliphatic rings. The van der Waals surface area contributed by atoms with E-state index >= 15 is 4.39 Å². The molecule has 0 radical (unpaired) electrons. The van der Waals surface area contributed by atoms with Crippen molar-refractivity contribution >= 4 is 28.4 Å². The first kappa shape index (κ1) is 20.9. The van der Waals surface area contributed by atoms with Crippen molar-refractivity contribution < 1.29 is 13.5 Å². The molecule has 10 heteroatoms. The molecule has 34 heavy (non-hydrogen) atoms. The highest BCUT2D eigenvalue weighted by Gasteiger charge is 2.26. The minimum Gasteiger partial charge on any atom is -0.421 e. The molecule has 0 unspecified atom stereocenters. The minimum absolute atomic E-state index is 0.00540. The Hall–Kier alpha value is -3.69. The monoisotopic (exact) mass is 465 g/mol. The Labute approximate surface area is 194 Å². The van der Waals surface area contributed by atoms with Gasteiger partial charge in [0.05, 0.1) is 0 Å². The first-order chi connectivity index (χ1) is 16.5. The average molecular weight is 466 g/mol. The van der Waals surface area contributed by atoms with Gasteiger partial charge in [-0.15, -0.1) is 0 Å². The lowest BCUT2D eigenvalue weighted by molar-refractivity contribution is 0.276. The van der Waals surface area contributed by atoms with Gasteiger partial charge >= 0.3 is 6.01 Å². The van der Waals surface area contributed by atoms with E-state index in [0.29, 0.717) is 60.2 Å². The molecule has 0 amide bonds. The largest absolute Gasteiger partial charge is 0.421 e. The van der Waals surface area contributed by atoms with Crippen LogP contribution in [0.3, 0.4) is 0 Å². The summed E-state index contributed by atoms with van der Waals surface area (Å²) in [6, 6.07) is 8.81. The van der Waals surface area contributed by atoms with Gasteiger partial charge in [0.1, 0.15) is 17.8 Å². The number of halogens is 2. The number of aromatic nitrogens is 5. The summed E-state index contributed by atoms with van der Waals surface area (Å²) in [7, 11) is 0. The molecule has 8 nitrogen and oxygen atoms in total. The lowest BCUT2D eigenvalue weighted by Gasteiger charge is -2.29. The second-order valence-electron chi connectivity index (χ2n) is 9.06. The molecule has 1 aliphatic heterocycles. The predicted molar refractivity (Wildman–Crippen MR) is 125 cm³/mol. The van der Waals surface area contributed by atoms with E-state index in [1.807, 2.05) is 17.9 Å². The van der Waals surface area contributed by atoms with Gasteiger partial charge in [-0.1, -0.05) is 0 Å². The van der Waals surface area contributed by atoms with E-state index in [1.165, 1.54) is 12.8 Å². The summed E-state index contributed by atoms with van der Waals surface area (Å²) in [5, 5.41) is 11.0. The number of aryl methyl sites for hydroxylation is 1. The van der Waals surface area contributed by atoms with Gasteiger partial charge < -0.3 is 19.9 Å². The molecule has 1 saturated carbocycles. The minimum atomic E-state index is -0.804. The van der Waals surface area contributed by atoms with Crippen LogP contribution in [-0.4, -0.2) is 44.4 Å². The fraction of sp³-hybridized carbons (Fsp3) is 0.375. The van der Waals surface area contributed by atoms with Crippen molar-refractivity contribution in [1.82, 2.24) is 25.1 Å². The Bertz CT molecular complexity index is 1340. The number of piperidine rings is 1. The van der Waals surface area contributed by atoms with Crippen molar-refractivity contribution in [3.05, 3.63) is 47.5 Å². The van der Waals surface area contributed by atoms with Gasteiger partial charge in [-0.3, -0.25) is 5.10 Å². The molecule has 1 aromatic carbocycles. The molecule has 0 spiro atoms. The number of nitrogens with one attached hydrogen (secondary N) is 3. The van der Waals surface area contributed by atoms with Crippen LogP contribution in [0.15, 0.2) is 30.3 Å². The van der Waals surface area contributed by atoms with E-state index in [2.05, 4.69) is 30.5 Å². The Morgan fingerprint density at radius 1 is 1.06 bits per heavy atom. The van der Waals surface area contributed by atoms with Crippen molar-refractivity contribution in [3.63, 3.8) is 0 Å². The second-order valence-corrected chi connectivity index (χ2v) is 9.06. The zero-order valence-corrected chi connectivity index (χ0v) is 18.7. The van der Waals surface area contributed by atoms with E-state index in [0.717, 1.165) is 11.4 Å². The summed E-state index contributed by atoms with van der Waals surface area (Å²) in [5.41, 5.74) is 2.64. The van der Waals surface area contributed by atoms with Crippen molar-refractivity contribution in [2.24, 2.45) is 0 Å². The smallest absolute Gasteiger partial charge is 0.326 e. The first-order valence-electron chi connectivity index (χ1n) is 11.6. The van der Waals surface area contributed by atoms with Crippen LogP contribution in [0.4, 0.5) is 26.2 Å². The van der Waals surface area contributed by atoms with Crippen LogP contribution in [0.25, 0.3) is 10.9 Å². The molecular formula is C24H25F2N7O. The number of ether oxygens (including phenoxy) is 1. The third-order valence-corrected chi connectivity index (χ3v) is 6.35. The maximum atomic E-state index is 15.1. The van der Waals surface area contributed by atoms with E-state index < -0.39 is 12.0 Å². The highest BCUT2D eigenvalue weighted by Crippen LogP contribution is 2.40. The zero-order valence-electron chi connectivity index (χ0n) is 18.7. The standard InChI is InChI=1S/C24H25F2N7O/c1-13-10-16-17(27-13)4-5-19(23(16)26)34-24-29-20(28-21-11-18(31-32-21)14-2-3-14)12-22(30-24)33-8-6-15(25)7-9-33/h4-5,10-12,14-15,27H,2-3,6-9H2,1H3,(H2,28,29,30,31,32). The number of aromatic amines is 2. The molecule has 2 fully saturated rings. The van der Waals surface area contributed by atoms with Crippen LogP contribution >= 0.6 is 0 Å². The van der Waals surface area contributed by atoms with E-state index in [4.69, 9.17) is 4.74 Å². The summed E-state index contributed by atoms with van der Waals surface area (Å²) >= 11 is 0. The summed E-state index contributed by atoms with van der Waals surface area (Å²) in [6.45, 7) is 2.94. The molecule has 3 N–H and O–H groups in total. The average Bonchev–Trinajstić information content (AvgIpc) is 3.45. The Balaban J connectivity index is 1.32. The number of anilines is 3. The quantitative estimate of drug-likeness (QED) is 0.349. The number of alkyl halides is 1. The molecule has 176 valence electrons. The highest BCUT2D eigenvalue weighted by atomic mass is 19.1. The molecule has 3 aromatic heterocycles. The summed E-state index contributed by atoms with van der Waals surface area (Å²) in [4.78, 5) is 14.1. The van der Waals surface area contributed by atoms with Gasteiger partial charge in [0.2, 0.25) is 0 Å². The van der Waals surface area contributed by atoms with Crippen molar-refractivity contribution in [2.45, 2.75) is 44.7 Å². The predicted octanol–water partition coefficient (Wildman–Crippen LogP) is 5.48. The van der Waals surface area contributed by atoms with Gasteiger partial charge in [-0.2, -0.15) is 15.1 Å². The number of H-pyrrole nitrogens is 2. The summed E-state index contributed by atoms with van der Waals surface area (Å²) < 4.78 is 34.6. The fourth-order valence-electron chi connectivity index (χ4n) is 4.36. The van der Waals surface area contributed by atoms with Crippen molar-refractivity contribution in [2.75, 3.05) is 23.3 Å². The van der Waals surface area contributed by atoms with E-state index in [1.54, 1.807) is 24.3 Å². The Morgan fingerprint density at radius 3 is 2.68 bits per heavy atom. The van der Waals surface area contributed by atoms with Crippen molar-refractivity contribution in [1.29, 1.82) is 0 Å². The van der Waals surface area contributed by atoms with Gasteiger partial charge in [0.15, 0.2) is 17.4 Å². The van der Waals surface area contributed by atoms with Crippen LogP contribution in [0, 0.1) is 12.7 Å². The normalized spacial score (nSPS) is 16.9. The number of benzene rings is 1. The number of fused-ring (bicyclic) bond motifs is 1. The molecule has 1 saturated heterocycles. The topological polar surface area (TPSA) is 94.8 Å². The lowest BCUT2D eigenvalue weighted by atomic mass is 10.1. The first-order valence-corrected chi connectivity index (χ1v) is 11.6. The number of hydrogen-bond donors (Lipinski definition) is 3. The number of nitrogens with zero attached hydrogens (tertiary/aromatic N) is 4. The van der Waals surface area contributed by atoms with E-state index in [9.17, 15) is 4.39 Å². The maximum Gasteiger partial charge on any atom is 0.326 e. The summed E-state index contributed by atoms with van der Waals surface area (Å²) in [5.74, 6) is 1.79. The van der Waals surface area contributed by atoms with Gasteiger partial charge in [-0.05, 0) is 50.8 Å². The van der Waals surface area contributed by atoms with Crippen LogP contribution in [-0.2, 0) is 0 Å². The van der Waals surface area contributed by atoms with Crippen LogP contribution in [0.5, 0.6) is 11.8 Å². The second kappa shape index (κ2) is 8.27. The summed E-state index contributed by atoms with van der Waals surface area (Å²) in [6.07, 6.45) is 2.40. The van der Waals surface area contributed by atoms with Gasteiger partial charge in [-0.25, -0.2) is 8.78 Å².